The standard InChI is InChI=1S/C6H10N6O2.C3H8.2ClH/c13-5-7-1-3-11(5)9-10-12-4-2-8-6(12)14;1-3-2;;/h1-4H2,(H,7,13)(H,8,14);3H2,1-2H3;2*1H. The molecular weight excluding hydrogens is 295 g/mol. The minimum absolute atomic E-state index is 0. The normalized spacial score (nSPS) is 17.2. The fraction of sp³-hybridized carbons (Fsp3) is 0.778. The van der Waals surface area contributed by atoms with Crippen molar-refractivity contribution in [1.29, 1.82) is 0 Å². The SMILES string of the molecule is CCC.Cl.Cl.O=C1NCCN1N=NN1CCNC1=O. The topological polar surface area (TPSA) is 89.4 Å². The van der Waals surface area contributed by atoms with Crippen LogP contribution in [0.5, 0.6) is 0 Å². The summed E-state index contributed by atoms with van der Waals surface area (Å²) in [5.74, 6) is 0. The third kappa shape index (κ3) is 6.44. The molecule has 2 aliphatic heterocycles. The van der Waals surface area contributed by atoms with Gasteiger partial charge in [-0.1, -0.05) is 20.3 Å². The van der Waals surface area contributed by atoms with Crippen LogP contribution in [-0.2, 0) is 0 Å². The molecule has 2 rings (SSSR count). The maximum Gasteiger partial charge on any atom is 0.339 e. The van der Waals surface area contributed by atoms with Gasteiger partial charge >= 0.3 is 12.1 Å². The lowest BCUT2D eigenvalue weighted by Crippen LogP contribution is -2.26. The second-order valence-electron chi connectivity index (χ2n) is 3.60. The van der Waals surface area contributed by atoms with Crippen LogP contribution in [-0.4, -0.2) is 48.3 Å². The van der Waals surface area contributed by atoms with Crippen LogP contribution in [0.15, 0.2) is 10.4 Å². The van der Waals surface area contributed by atoms with Gasteiger partial charge in [-0.05, 0) is 10.4 Å². The Morgan fingerprint density at radius 1 is 0.947 bits per heavy atom. The zero-order valence-corrected chi connectivity index (χ0v) is 12.6. The van der Waals surface area contributed by atoms with E-state index < -0.39 is 0 Å². The maximum absolute atomic E-state index is 11.0. The molecular formula is C9H20Cl2N6O2. The summed E-state index contributed by atoms with van der Waals surface area (Å²) in [5, 5.41) is 14.8. The molecule has 8 nitrogen and oxygen atoms in total. The highest BCUT2D eigenvalue weighted by molar-refractivity contribution is 5.85. The van der Waals surface area contributed by atoms with Gasteiger partial charge in [0, 0.05) is 13.1 Å². The fourth-order valence-corrected chi connectivity index (χ4v) is 1.19. The maximum atomic E-state index is 11.0. The Morgan fingerprint density at radius 2 is 1.26 bits per heavy atom. The number of hydrogen-bond donors (Lipinski definition) is 2. The van der Waals surface area contributed by atoms with Crippen molar-refractivity contribution in [1.82, 2.24) is 20.7 Å². The van der Waals surface area contributed by atoms with E-state index in [1.165, 1.54) is 16.4 Å². The van der Waals surface area contributed by atoms with E-state index in [-0.39, 0.29) is 36.9 Å². The van der Waals surface area contributed by atoms with Gasteiger partial charge in [0.25, 0.3) is 0 Å². The van der Waals surface area contributed by atoms with Crippen LogP contribution >= 0.6 is 24.8 Å². The first-order valence-electron chi connectivity index (χ1n) is 5.71. The average molecular weight is 315 g/mol. The van der Waals surface area contributed by atoms with Gasteiger partial charge in [0.1, 0.15) is 0 Å². The van der Waals surface area contributed by atoms with E-state index in [0.717, 1.165) is 0 Å². The zero-order valence-electron chi connectivity index (χ0n) is 11.0. The molecule has 10 heteroatoms. The minimum atomic E-state index is -0.284. The molecule has 0 aromatic carbocycles. The smallest absolute Gasteiger partial charge is 0.335 e. The summed E-state index contributed by atoms with van der Waals surface area (Å²) >= 11 is 0. The molecule has 0 aliphatic carbocycles. The Morgan fingerprint density at radius 3 is 1.47 bits per heavy atom. The third-order valence-corrected chi connectivity index (χ3v) is 1.92. The zero-order chi connectivity index (χ0) is 12.7. The molecule has 2 saturated heterocycles. The number of carbonyl (C=O) groups is 2. The van der Waals surface area contributed by atoms with Crippen molar-refractivity contribution < 1.29 is 9.59 Å². The Kier molecular flexibility index (Phi) is 11.2. The summed E-state index contributed by atoms with van der Waals surface area (Å²) < 4.78 is 0. The molecule has 2 aliphatic rings. The molecule has 0 aromatic heterocycles. The number of carbonyl (C=O) groups excluding carboxylic acids is 2. The van der Waals surface area contributed by atoms with Gasteiger partial charge < -0.3 is 10.6 Å². The largest absolute Gasteiger partial charge is 0.339 e. The lowest BCUT2D eigenvalue weighted by Gasteiger charge is -2.07. The summed E-state index contributed by atoms with van der Waals surface area (Å²) in [6, 6.07) is -0.568. The molecule has 2 fully saturated rings. The highest BCUT2D eigenvalue weighted by Gasteiger charge is 2.22. The van der Waals surface area contributed by atoms with Crippen molar-refractivity contribution in [3.8, 4) is 0 Å². The van der Waals surface area contributed by atoms with Crippen LogP contribution in [0.25, 0.3) is 0 Å². The minimum Gasteiger partial charge on any atom is -0.335 e. The monoisotopic (exact) mass is 314 g/mol. The quantitative estimate of drug-likeness (QED) is 0.758. The molecule has 0 radical (unpaired) electrons. The van der Waals surface area contributed by atoms with E-state index in [4.69, 9.17) is 0 Å². The van der Waals surface area contributed by atoms with Crippen molar-refractivity contribution in [3.05, 3.63) is 0 Å². The second kappa shape index (κ2) is 10.6. The van der Waals surface area contributed by atoms with Crippen molar-refractivity contribution in [2.75, 3.05) is 26.2 Å². The molecule has 2 N–H and O–H groups in total. The van der Waals surface area contributed by atoms with E-state index >= 15 is 0 Å². The number of nitrogens with one attached hydrogen (secondary N) is 2. The van der Waals surface area contributed by atoms with Gasteiger partial charge in [0.15, 0.2) is 0 Å². The molecule has 112 valence electrons. The van der Waals surface area contributed by atoms with Crippen LogP contribution in [0.2, 0.25) is 0 Å². The Labute approximate surface area is 124 Å². The first-order chi connectivity index (χ1) is 8.19. The molecule has 0 saturated carbocycles. The number of nitrogens with zero attached hydrogens (tertiary/aromatic N) is 4. The number of halogens is 2. The summed E-state index contributed by atoms with van der Waals surface area (Å²) in [6.45, 7) is 6.34. The number of hydrogen-bond acceptors (Lipinski definition) is 4. The van der Waals surface area contributed by atoms with Crippen LogP contribution in [0.3, 0.4) is 0 Å². The van der Waals surface area contributed by atoms with Gasteiger partial charge in [-0.15, -0.1) is 24.8 Å². The number of rotatable bonds is 2. The molecule has 0 spiro atoms. The van der Waals surface area contributed by atoms with E-state index in [2.05, 4.69) is 34.9 Å². The molecule has 4 amide bonds. The van der Waals surface area contributed by atoms with Crippen LogP contribution in [0.4, 0.5) is 9.59 Å². The second-order valence-corrected chi connectivity index (χ2v) is 3.60. The van der Waals surface area contributed by atoms with E-state index in [1.807, 2.05) is 0 Å². The van der Waals surface area contributed by atoms with Crippen molar-refractivity contribution in [2.45, 2.75) is 20.3 Å². The van der Waals surface area contributed by atoms with Crippen molar-refractivity contribution in [3.63, 3.8) is 0 Å². The number of amides is 4. The molecule has 0 unspecified atom stereocenters. The molecule has 2 heterocycles. The van der Waals surface area contributed by atoms with Gasteiger partial charge in [-0.2, -0.15) is 10.0 Å². The van der Waals surface area contributed by atoms with Gasteiger partial charge in [-0.3, -0.25) is 0 Å². The van der Waals surface area contributed by atoms with Crippen LogP contribution in [0.1, 0.15) is 20.3 Å². The third-order valence-electron chi connectivity index (χ3n) is 1.92. The summed E-state index contributed by atoms with van der Waals surface area (Å²) in [5.41, 5.74) is 0. The summed E-state index contributed by atoms with van der Waals surface area (Å²) in [4.78, 5) is 22.0. The lowest BCUT2D eigenvalue weighted by molar-refractivity contribution is 0.197. The highest BCUT2D eigenvalue weighted by atomic mass is 35.5. The molecule has 0 atom stereocenters. The molecule has 19 heavy (non-hydrogen) atoms. The predicted octanol–water partition coefficient (Wildman–Crippen LogP) is 1.58. The molecule has 0 aromatic rings. The Hall–Kier alpha value is -1.28. The van der Waals surface area contributed by atoms with E-state index in [0.29, 0.717) is 26.2 Å². The average Bonchev–Trinajstić information content (AvgIpc) is 2.86. The van der Waals surface area contributed by atoms with Gasteiger partial charge in [-0.25, -0.2) is 9.59 Å². The number of urea groups is 2. The van der Waals surface area contributed by atoms with E-state index in [9.17, 15) is 9.59 Å². The van der Waals surface area contributed by atoms with Gasteiger partial charge in [0.05, 0.1) is 13.1 Å². The van der Waals surface area contributed by atoms with Crippen LogP contribution in [0, 0.1) is 0 Å². The fourth-order valence-electron chi connectivity index (χ4n) is 1.19. The summed E-state index contributed by atoms with van der Waals surface area (Å²) in [6.07, 6.45) is 1.25. The van der Waals surface area contributed by atoms with Crippen LogP contribution < -0.4 is 10.6 Å². The van der Waals surface area contributed by atoms with Crippen molar-refractivity contribution in [2.24, 2.45) is 10.4 Å². The lowest BCUT2D eigenvalue weighted by atomic mass is 10.6. The molecule has 0 bridgehead atoms. The first-order valence-corrected chi connectivity index (χ1v) is 5.71. The van der Waals surface area contributed by atoms with Gasteiger partial charge in [0.2, 0.25) is 0 Å². The first kappa shape index (κ1) is 20.0. The highest BCUT2D eigenvalue weighted by Crippen LogP contribution is 2.02. The summed E-state index contributed by atoms with van der Waals surface area (Å²) in [7, 11) is 0. The Balaban J connectivity index is 0. The van der Waals surface area contributed by atoms with E-state index in [1.54, 1.807) is 0 Å². The predicted molar refractivity (Wildman–Crippen MR) is 75.5 cm³/mol. The van der Waals surface area contributed by atoms with Crippen molar-refractivity contribution >= 4 is 36.9 Å². The Bertz CT molecular complexity index is 287.